The molecule has 5 nitrogen and oxygen atoms in total. The fourth-order valence-corrected chi connectivity index (χ4v) is 2.83. The summed E-state index contributed by atoms with van der Waals surface area (Å²) in [6, 6.07) is 9.04. The molecule has 0 atom stereocenters. The number of aromatic nitrogens is 1. The Morgan fingerprint density at radius 1 is 1.08 bits per heavy atom. The zero-order chi connectivity index (χ0) is 17.6. The monoisotopic (exact) mass is 341 g/mol. The standard InChI is InChI=1S/C19H20FN3O2/c20-16-6-4-14(5-7-16)13-22-18(24)15-8-9-21-17(12-15)19(25)23-10-2-1-3-11-23/h4-9,12H,1-3,10-11,13H2,(H,22,24). The SMILES string of the molecule is O=C(NCc1ccc(F)cc1)c1ccnc(C(=O)N2CCCCC2)c1. The summed E-state index contributed by atoms with van der Waals surface area (Å²) in [4.78, 5) is 30.7. The fraction of sp³-hybridized carbons (Fsp3) is 0.316. The van der Waals surface area contributed by atoms with Crippen molar-refractivity contribution >= 4 is 11.8 Å². The molecule has 2 amide bonds. The second kappa shape index (κ2) is 7.88. The molecule has 25 heavy (non-hydrogen) atoms. The second-order valence-corrected chi connectivity index (χ2v) is 6.09. The van der Waals surface area contributed by atoms with Crippen LogP contribution in [0.25, 0.3) is 0 Å². The minimum Gasteiger partial charge on any atom is -0.348 e. The Morgan fingerprint density at radius 2 is 1.80 bits per heavy atom. The molecule has 6 heteroatoms. The lowest BCUT2D eigenvalue weighted by molar-refractivity contribution is 0.0718. The number of carbonyl (C=O) groups is 2. The first-order valence-electron chi connectivity index (χ1n) is 8.41. The van der Waals surface area contributed by atoms with Crippen LogP contribution in [0.5, 0.6) is 0 Å². The van der Waals surface area contributed by atoms with E-state index in [4.69, 9.17) is 0 Å². The van der Waals surface area contributed by atoms with Crippen molar-refractivity contribution in [2.75, 3.05) is 13.1 Å². The highest BCUT2D eigenvalue weighted by atomic mass is 19.1. The van der Waals surface area contributed by atoms with Gasteiger partial charge < -0.3 is 10.2 Å². The van der Waals surface area contributed by atoms with E-state index in [0.717, 1.165) is 37.9 Å². The van der Waals surface area contributed by atoms with Crippen molar-refractivity contribution in [2.45, 2.75) is 25.8 Å². The lowest BCUT2D eigenvalue weighted by atomic mass is 10.1. The Hall–Kier alpha value is -2.76. The molecule has 1 saturated heterocycles. The van der Waals surface area contributed by atoms with E-state index in [1.807, 2.05) is 0 Å². The third-order valence-corrected chi connectivity index (χ3v) is 4.25. The molecule has 130 valence electrons. The molecule has 1 N–H and O–H groups in total. The van der Waals surface area contributed by atoms with E-state index in [-0.39, 0.29) is 29.9 Å². The van der Waals surface area contributed by atoms with Crippen LogP contribution in [0.2, 0.25) is 0 Å². The van der Waals surface area contributed by atoms with Gasteiger partial charge in [-0.25, -0.2) is 4.39 Å². The molecule has 0 bridgehead atoms. The first-order valence-corrected chi connectivity index (χ1v) is 8.41. The number of likely N-dealkylation sites (tertiary alicyclic amines) is 1. The number of hydrogen-bond acceptors (Lipinski definition) is 3. The van der Waals surface area contributed by atoms with Gasteiger partial charge >= 0.3 is 0 Å². The Balaban J connectivity index is 1.64. The van der Waals surface area contributed by atoms with Gasteiger partial charge in [0.15, 0.2) is 0 Å². The molecule has 1 aliphatic rings. The summed E-state index contributed by atoms with van der Waals surface area (Å²) in [6.07, 6.45) is 4.63. The highest BCUT2D eigenvalue weighted by Gasteiger charge is 2.20. The summed E-state index contributed by atoms with van der Waals surface area (Å²) in [5, 5.41) is 2.77. The quantitative estimate of drug-likeness (QED) is 0.930. The maximum absolute atomic E-state index is 12.9. The molecule has 3 rings (SSSR count). The average Bonchev–Trinajstić information content (AvgIpc) is 2.67. The van der Waals surface area contributed by atoms with E-state index in [1.54, 1.807) is 23.1 Å². The number of nitrogens with one attached hydrogen (secondary N) is 1. The molecule has 1 aliphatic heterocycles. The summed E-state index contributed by atoms with van der Waals surface area (Å²) in [6.45, 7) is 1.76. The van der Waals surface area contributed by atoms with Crippen molar-refractivity contribution < 1.29 is 14.0 Å². The van der Waals surface area contributed by atoms with Gasteiger partial charge in [-0.15, -0.1) is 0 Å². The number of piperidine rings is 1. The van der Waals surface area contributed by atoms with Gasteiger partial charge in [-0.05, 0) is 49.1 Å². The van der Waals surface area contributed by atoms with Crippen LogP contribution in [-0.4, -0.2) is 34.8 Å². The van der Waals surface area contributed by atoms with Crippen LogP contribution >= 0.6 is 0 Å². The second-order valence-electron chi connectivity index (χ2n) is 6.09. The number of carbonyl (C=O) groups excluding carboxylic acids is 2. The number of nitrogens with zero attached hydrogens (tertiary/aromatic N) is 2. The summed E-state index contributed by atoms with van der Waals surface area (Å²) in [7, 11) is 0. The van der Waals surface area contributed by atoms with Crippen LogP contribution in [0.4, 0.5) is 4.39 Å². The summed E-state index contributed by atoms with van der Waals surface area (Å²) >= 11 is 0. The topological polar surface area (TPSA) is 62.3 Å². The molecule has 0 saturated carbocycles. The Bertz CT molecular complexity index is 756. The lowest BCUT2D eigenvalue weighted by Gasteiger charge is -2.26. The molecule has 0 radical (unpaired) electrons. The van der Waals surface area contributed by atoms with Crippen molar-refractivity contribution in [3.05, 3.63) is 65.2 Å². The molecule has 0 unspecified atom stereocenters. The zero-order valence-electron chi connectivity index (χ0n) is 13.9. The number of pyridine rings is 1. The maximum atomic E-state index is 12.9. The summed E-state index contributed by atoms with van der Waals surface area (Å²) < 4.78 is 12.9. The summed E-state index contributed by atoms with van der Waals surface area (Å²) in [5.41, 5.74) is 1.47. The van der Waals surface area contributed by atoms with E-state index in [0.29, 0.717) is 5.56 Å². The van der Waals surface area contributed by atoms with E-state index in [9.17, 15) is 14.0 Å². The van der Waals surface area contributed by atoms with Gasteiger partial charge in [-0.3, -0.25) is 14.6 Å². The maximum Gasteiger partial charge on any atom is 0.272 e. The van der Waals surface area contributed by atoms with Crippen molar-refractivity contribution in [2.24, 2.45) is 0 Å². The van der Waals surface area contributed by atoms with Crippen LogP contribution < -0.4 is 5.32 Å². The normalized spacial score (nSPS) is 14.2. The van der Waals surface area contributed by atoms with Gasteiger partial charge in [0.05, 0.1) is 0 Å². The van der Waals surface area contributed by atoms with Gasteiger partial charge in [0.1, 0.15) is 11.5 Å². The van der Waals surface area contributed by atoms with E-state index in [2.05, 4.69) is 10.3 Å². The predicted octanol–water partition coefficient (Wildman–Crippen LogP) is 2.78. The largest absolute Gasteiger partial charge is 0.348 e. The number of rotatable bonds is 4. The first kappa shape index (κ1) is 17.1. The van der Waals surface area contributed by atoms with Crippen LogP contribution in [0.15, 0.2) is 42.6 Å². The minimum absolute atomic E-state index is 0.132. The third-order valence-electron chi connectivity index (χ3n) is 4.25. The molecular weight excluding hydrogens is 321 g/mol. The lowest BCUT2D eigenvalue weighted by Crippen LogP contribution is -2.36. The van der Waals surface area contributed by atoms with Gasteiger partial charge in [-0.2, -0.15) is 0 Å². The van der Waals surface area contributed by atoms with E-state index < -0.39 is 0 Å². The summed E-state index contributed by atoms with van der Waals surface area (Å²) in [5.74, 6) is -0.739. The van der Waals surface area contributed by atoms with E-state index in [1.165, 1.54) is 24.4 Å². The molecule has 2 aromatic rings. The third kappa shape index (κ3) is 4.41. The molecule has 1 aromatic heterocycles. The zero-order valence-corrected chi connectivity index (χ0v) is 13.9. The molecule has 2 heterocycles. The number of hydrogen-bond donors (Lipinski definition) is 1. The minimum atomic E-state index is -0.315. The van der Waals surface area contributed by atoms with Crippen molar-refractivity contribution in [3.8, 4) is 0 Å². The van der Waals surface area contributed by atoms with Crippen LogP contribution in [0.3, 0.4) is 0 Å². The van der Waals surface area contributed by atoms with Gasteiger partial charge in [-0.1, -0.05) is 12.1 Å². The number of benzene rings is 1. The fourth-order valence-electron chi connectivity index (χ4n) is 2.83. The van der Waals surface area contributed by atoms with Crippen molar-refractivity contribution in [1.82, 2.24) is 15.2 Å². The predicted molar refractivity (Wildman–Crippen MR) is 91.6 cm³/mol. The van der Waals surface area contributed by atoms with Crippen molar-refractivity contribution in [3.63, 3.8) is 0 Å². The Labute approximate surface area is 145 Å². The molecule has 1 fully saturated rings. The average molecular weight is 341 g/mol. The molecular formula is C19H20FN3O2. The number of amides is 2. The van der Waals surface area contributed by atoms with E-state index >= 15 is 0 Å². The van der Waals surface area contributed by atoms with Crippen LogP contribution in [-0.2, 0) is 6.54 Å². The van der Waals surface area contributed by atoms with Gasteiger partial charge in [0.2, 0.25) is 0 Å². The Kier molecular flexibility index (Phi) is 5.38. The Morgan fingerprint density at radius 3 is 2.52 bits per heavy atom. The highest BCUT2D eigenvalue weighted by molar-refractivity contribution is 5.98. The van der Waals surface area contributed by atoms with Crippen LogP contribution in [0.1, 0.15) is 45.7 Å². The van der Waals surface area contributed by atoms with Crippen molar-refractivity contribution in [1.29, 1.82) is 0 Å². The highest BCUT2D eigenvalue weighted by Crippen LogP contribution is 2.13. The molecule has 1 aromatic carbocycles. The molecule has 0 aliphatic carbocycles. The number of halogens is 1. The first-order chi connectivity index (χ1) is 12.1. The smallest absolute Gasteiger partial charge is 0.272 e. The van der Waals surface area contributed by atoms with Gasteiger partial charge in [0, 0.05) is 31.4 Å². The van der Waals surface area contributed by atoms with Gasteiger partial charge in [0.25, 0.3) is 11.8 Å². The van der Waals surface area contributed by atoms with Crippen LogP contribution in [0, 0.1) is 5.82 Å². The molecule has 0 spiro atoms.